The van der Waals surface area contributed by atoms with Crippen LogP contribution < -0.4 is 5.32 Å². The Labute approximate surface area is 124 Å². The molecule has 0 radical (unpaired) electrons. The van der Waals surface area contributed by atoms with Crippen molar-refractivity contribution < 1.29 is 13.2 Å². The third kappa shape index (κ3) is 3.61. The van der Waals surface area contributed by atoms with Gasteiger partial charge in [-0.05, 0) is 24.1 Å². The molecule has 0 bridgehead atoms. The van der Waals surface area contributed by atoms with E-state index in [2.05, 4.69) is 10.3 Å². The molecule has 7 heteroatoms. The van der Waals surface area contributed by atoms with Crippen molar-refractivity contribution in [3.8, 4) is 0 Å². The minimum absolute atomic E-state index is 0.0162. The molecule has 0 spiro atoms. The van der Waals surface area contributed by atoms with Crippen molar-refractivity contribution in [2.45, 2.75) is 26.1 Å². The highest BCUT2D eigenvalue weighted by Crippen LogP contribution is 2.37. The van der Waals surface area contributed by atoms with E-state index < -0.39 is 11.7 Å². The topological polar surface area (TPSA) is 24.4 Å². The van der Waals surface area contributed by atoms with Crippen LogP contribution >= 0.6 is 23.4 Å². The maximum Gasteiger partial charge on any atom is 0.418 e. The van der Waals surface area contributed by atoms with Crippen molar-refractivity contribution in [2.75, 3.05) is 11.1 Å². The lowest BCUT2D eigenvalue weighted by Crippen LogP contribution is -2.14. The number of benzene rings is 1. The summed E-state index contributed by atoms with van der Waals surface area (Å²) in [6, 6.07) is 3.82. The zero-order valence-corrected chi connectivity index (χ0v) is 12.5. The molecule has 1 aromatic carbocycles. The van der Waals surface area contributed by atoms with Crippen LogP contribution in [0.4, 0.5) is 18.9 Å². The summed E-state index contributed by atoms with van der Waals surface area (Å²) in [5, 5.41) is 3.35. The standard InChI is InChI=1S/C13H14ClF3N2S/c1-7(2)11-6-20-12(19-11)18-10-4-3-8(14)5-9(10)13(15,16)17/h3-5,7,11H,6H2,1-2H3,(H,18,19). The lowest BCUT2D eigenvalue weighted by atomic mass is 10.1. The molecule has 2 nitrogen and oxygen atoms in total. The van der Waals surface area contributed by atoms with E-state index in [1.807, 2.05) is 13.8 Å². The molecular formula is C13H14ClF3N2S. The number of hydrogen-bond acceptors (Lipinski definition) is 3. The largest absolute Gasteiger partial charge is 0.418 e. The van der Waals surface area contributed by atoms with E-state index in [0.29, 0.717) is 11.1 Å². The van der Waals surface area contributed by atoms with Gasteiger partial charge in [0.05, 0.1) is 17.3 Å². The molecule has 0 saturated carbocycles. The van der Waals surface area contributed by atoms with Gasteiger partial charge in [0.25, 0.3) is 0 Å². The van der Waals surface area contributed by atoms with Gasteiger partial charge in [-0.3, -0.25) is 4.99 Å². The fourth-order valence-corrected chi connectivity index (χ4v) is 3.13. The quantitative estimate of drug-likeness (QED) is 0.837. The van der Waals surface area contributed by atoms with Crippen molar-refractivity contribution in [1.29, 1.82) is 0 Å². The summed E-state index contributed by atoms with van der Waals surface area (Å²) in [5.74, 6) is 1.16. The second-order valence-corrected chi connectivity index (χ2v) is 6.31. The first-order valence-electron chi connectivity index (χ1n) is 6.11. The molecular weight excluding hydrogens is 309 g/mol. The average molecular weight is 323 g/mol. The Bertz CT molecular complexity index is 529. The summed E-state index contributed by atoms with van der Waals surface area (Å²) >= 11 is 7.08. The summed E-state index contributed by atoms with van der Waals surface area (Å²) < 4.78 is 38.9. The van der Waals surface area contributed by atoms with Gasteiger partial charge in [0.15, 0.2) is 5.17 Å². The van der Waals surface area contributed by atoms with Crippen LogP contribution in [-0.4, -0.2) is 17.0 Å². The molecule has 1 N–H and O–H groups in total. The number of hydrogen-bond donors (Lipinski definition) is 1. The Hall–Kier alpha value is -0.880. The van der Waals surface area contributed by atoms with Crippen LogP contribution in [0.25, 0.3) is 0 Å². The summed E-state index contributed by atoms with van der Waals surface area (Å²) in [6.07, 6.45) is -4.45. The molecule has 1 aliphatic heterocycles. The number of aliphatic imine (C=N–C) groups is 1. The van der Waals surface area contributed by atoms with Crippen molar-refractivity contribution in [2.24, 2.45) is 10.9 Å². The number of halogens is 4. The predicted molar refractivity (Wildman–Crippen MR) is 78.6 cm³/mol. The molecule has 1 aliphatic rings. The second-order valence-electron chi connectivity index (χ2n) is 4.87. The minimum atomic E-state index is -4.45. The van der Waals surface area contributed by atoms with Crippen LogP contribution in [-0.2, 0) is 6.18 Å². The molecule has 1 aromatic rings. The minimum Gasteiger partial charge on any atom is -0.334 e. The van der Waals surface area contributed by atoms with Crippen molar-refractivity contribution in [3.05, 3.63) is 28.8 Å². The van der Waals surface area contributed by atoms with Gasteiger partial charge in [-0.25, -0.2) is 0 Å². The molecule has 20 heavy (non-hydrogen) atoms. The number of rotatable bonds is 2. The van der Waals surface area contributed by atoms with Gasteiger partial charge < -0.3 is 5.32 Å². The summed E-state index contributed by atoms with van der Waals surface area (Å²) in [4.78, 5) is 4.40. The van der Waals surface area contributed by atoms with E-state index in [-0.39, 0.29) is 16.8 Å². The average Bonchev–Trinajstić information content (AvgIpc) is 2.79. The second kappa shape index (κ2) is 5.85. The lowest BCUT2D eigenvalue weighted by Gasteiger charge is -2.14. The van der Waals surface area contributed by atoms with Crippen LogP contribution in [0.2, 0.25) is 5.02 Å². The van der Waals surface area contributed by atoms with Crippen LogP contribution in [0, 0.1) is 5.92 Å². The van der Waals surface area contributed by atoms with Gasteiger partial charge in [0, 0.05) is 10.8 Å². The van der Waals surface area contributed by atoms with E-state index in [1.165, 1.54) is 23.9 Å². The Morgan fingerprint density at radius 2 is 2.10 bits per heavy atom. The first kappa shape index (κ1) is 15.5. The number of alkyl halides is 3. The van der Waals surface area contributed by atoms with Crippen LogP contribution in [0.15, 0.2) is 23.2 Å². The van der Waals surface area contributed by atoms with Gasteiger partial charge in [-0.2, -0.15) is 13.2 Å². The fraction of sp³-hybridized carbons (Fsp3) is 0.462. The van der Waals surface area contributed by atoms with Crippen molar-refractivity contribution in [3.63, 3.8) is 0 Å². The monoisotopic (exact) mass is 322 g/mol. The molecule has 1 atom stereocenters. The zero-order valence-electron chi connectivity index (χ0n) is 11.0. The third-order valence-corrected chi connectivity index (χ3v) is 4.20. The fourth-order valence-electron chi connectivity index (χ4n) is 1.77. The van der Waals surface area contributed by atoms with Gasteiger partial charge >= 0.3 is 6.18 Å². The van der Waals surface area contributed by atoms with E-state index in [0.717, 1.165) is 11.8 Å². The third-order valence-electron chi connectivity index (χ3n) is 2.97. The summed E-state index contributed by atoms with van der Waals surface area (Å²) in [6.45, 7) is 4.09. The maximum absolute atomic E-state index is 13.0. The summed E-state index contributed by atoms with van der Waals surface area (Å²) in [7, 11) is 0. The van der Waals surface area contributed by atoms with Gasteiger partial charge in [0.2, 0.25) is 0 Å². The van der Waals surface area contributed by atoms with Crippen LogP contribution in [0.1, 0.15) is 19.4 Å². The Morgan fingerprint density at radius 1 is 1.40 bits per heavy atom. The normalized spacial score (nSPS) is 19.4. The molecule has 0 amide bonds. The van der Waals surface area contributed by atoms with Gasteiger partial charge in [-0.15, -0.1) is 0 Å². The van der Waals surface area contributed by atoms with E-state index in [1.54, 1.807) is 0 Å². The highest BCUT2D eigenvalue weighted by molar-refractivity contribution is 8.14. The number of thioether (sulfide) groups is 1. The predicted octanol–water partition coefficient (Wildman–Crippen LogP) is 4.90. The van der Waals surface area contributed by atoms with E-state index in [9.17, 15) is 13.2 Å². The van der Waals surface area contributed by atoms with Crippen LogP contribution in [0.3, 0.4) is 0 Å². The molecule has 1 unspecified atom stereocenters. The first-order chi connectivity index (χ1) is 9.27. The van der Waals surface area contributed by atoms with Gasteiger partial charge in [0.1, 0.15) is 0 Å². The molecule has 2 rings (SSSR count). The SMILES string of the molecule is CC(C)C1CSC(Nc2ccc(Cl)cc2C(F)(F)F)=N1. The molecule has 0 aliphatic carbocycles. The maximum atomic E-state index is 13.0. The molecule has 0 aromatic heterocycles. The smallest absolute Gasteiger partial charge is 0.334 e. The van der Waals surface area contributed by atoms with E-state index in [4.69, 9.17) is 11.6 Å². The highest BCUT2D eigenvalue weighted by Gasteiger charge is 2.34. The highest BCUT2D eigenvalue weighted by atomic mass is 35.5. The zero-order chi connectivity index (χ0) is 14.9. The summed E-state index contributed by atoms with van der Waals surface area (Å²) in [5.41, 5.74) is -0.793. The lowest BCUT2D eigenvalue weighted by molar-refractivity contribution is -0.136. The van der Waals surface area contributed by atoms with Crippen molar-refractivity contribution in [1.82, 2.24) is 0 Å². The van der Waals surface area contributed by atoms with E-state index >= 15 is 0 Å². The first-order valence-corrected chi connectivity index (χ1v) is 7.48. The molecule has 0 saturated heterocycles. The Morgan fingerprint density at radius 3 is 2.65 bits per heavy atom. The Balaban J connectivity index is 2.24. The number of nitrogens with one attached hydrogen (secondary N) is 1. The van der Waals surface area contributed by atoms with Crippen molar-refractivity contribution >= 4 is 34.2 Å². The Kier molecular flexibility index (Phi) is 4.54. The molecule has 0 fully saturated rings. The molecule has 110 valence electrons. The number of nitrogens with zero attached hydrogens (tertiary/aromatic N) is 1. The number of anilines is 1. The number of amidine groups is 1. The molecule has 1 heterocycles. The van der Waals surface area contributed by atoms with Crippen LogP contribution in [0.5, 0.6) is 0 Å². The van der Waals surface area contributed by atoms with Gasteiger partial charge in [-0.1, -0.05) is 37.2 Å².